The zero-order valence-electron chi connectivity index (χ0n) is 12.5. The molecule has 2 aromatic rings. The number of nitrogens with one attached hydrogen (secondary N) is 1. The highest BCUT2D eigenvalue weighted by Crippen LogP contribution is 2.35. The number of piperidine rings is 1. The summed E-state index contributed by atoms with van der Waals surface area (Å²) < 4.78 is 0. The Labute approximate surface area is 152 Å². The van der Waals surface area contributed by atoms with Gasteiger partial charge in [0, 0.05) is 41.4 Å². The maximum absolute atomic E-state index is 12.4. The lowest BCUT2D eigenvalue weighted by Crippen LogP contribution is -2.40. The molecule has 5 heteroatoms. The zero-order chi connectivity index (χ0) is 15.5. The minimum Gasteiger partial charge on any atom is -0.316 e. The van der Waals surface area contributed by atoms with Crippen LogP contribution in [0.5, 0.6) is 0 Å². The summed E-state index contributed by atoms with van der Waals surface area (Å²) in [6.07, 6.45) is 0.586. The Bertz CT molecular complexity index is 609. The topological polar surface area (TPSA) is 29.1 Å². The van der Waals surface area contributed by atoms with E-state index in [0.717, 1.165) is 17.7 Å². The van der Waals surface area contributed by atoms with Crippen LogP contribution in [-0.4, -0.2) is 18.9 Å². The second-order valence-corrected chi connectivity index (χ2v) is 6.48. The van der Waals surface area contributed by atoms with E-state index in [1.807, 2.05) is 48.5 Å². The summed E-state index contributed by atoms with van der Waals surface area (Å²) in [5.41, 5.74) is 2.21. The predicted octanol–water partition coefficient (Wildman–Crippen LogP) is 4.73. The van der Waals surface area contributed by atoms with Crippen molar-refractivity contribution in [3.63, 3.8) is 0 Å². The molecule has 0 spiro atoms. The van der Waals surface area contributed by atoms with Crippen LogP contribution in [0.2, 0.25) is 10.0 Å². The SMILES string of the molecule is Cl.O=C1CCNCC1C(c1ccc(Cl)cc1)c1ccc(Cl)cc1. The summed E-state index contributed by atoms with van der Waals surface area (Å²) in [7, 11) is 0. The van der Waals surface area contributed by atoms with Gasteiger partial charge in [0.2, 0.25) is 0 Å². The van der Waals surface area contributed by atoms with Crippen molar-refractivity contribution in [1.82, 2.24) is 5.32 Å². The zero-order valence-corrected chi connectivity index (χ0v) is 14.8. The third-order valence-electron chi connectivity index (χ3n) is 4.19. The van der Waals surface area contributed by atoms with E-state index in [2.05, 4.69) is 5.32 Å². The maximum atomic E-state index is 12.4. The van der Waals surface area contributed by atoms with Gasteiger partial charge in [-0.3, -0.25) is 4.79 Å². The summed E-state index contributed by atoms with van der Waals surface area (Å²) in [6, 6.07) is 15.5. The predicted molar refractivity (Wildman–Crippen MR) is 98.0 cm³/mol. The van der Waals surface area contributed by atoms with E-state index >= 15 is 0 Å². The lowest BCUT2D eigenvalue weighted by Gasteiger charge is -2.30. The van der Waals surface area contributed by atoms with Crippen molar-refractivity contribution in [1.29, 1.82) is 0 Å². The van der Waals surface area contributed by atoms with Gasteiger partial charge in [-0.05, 0) is 35.4 Å². The second-order valence-electron chi connectivity index (χ2n) is 5.61. The van der Waals surface area contributed by atoms with Gasteiger partial charge in [-0.15, -0.1) is 12.4 Å². The van der Waals surface area contributed by atoms with Crippen LogP contribution in [0.15, 0.2) is 48.5 Å². The van der Waals surface area contributed by atoms with Gasteiger partial charge in [0.1, 0.15) is 5.78 Å². The quantitative estimate of drug-likeness (QED) is 0.846. The van der Waals surface area contributed by atoms with Gasteiger partial charge >= 0.3 is 0 Å². The minimum absolute atomic E-state index is 0. The molecule has 0 bridgehead atoms. The van der Waals surface area contributed by atoms with Crippen molar-refractivity contribution in [2.24, 2.45) is 5.92 Å². The first kappa shape index (κ1) is 18.3. The molecule has 1 unspecified atom stereocenters. The molecule has 1 fully saturated rings. The van der Waals surface area contributed by atoms with Gasteiger partial charge in [0.05, 0.1) is 0 Å². The van der Waals surface area contributed by atoms with Gasteiger partial charge in [0.25, 0.3) is 0 Å². The van der Waals surface area contributed by atoms with Crippen molar-refractivity contribution in [2.45, 2.75) is 12.3 Å². The van der Waals surface area contributed by atoms with Crippen LogP contribution in [0.3, 0.4) is 0 Å². The maximum Gasteiger partial charge on any atom is 0.139 e. The van der Waals surface area contributed by atoms with Crippen LogP contribution in [-0.2, 0) is 4.79 Å². The van der Waals surface area contributed by atoms with Crippen molar-refractivity contribution >= 4 is 41.4 Å². The van der Waals surface area contributed by atoms with E-state index in [1.54, 1.807) is 0 Å². The van der Waals surface area contributed by atoms with Gasteiger partial charge < -0.3 is 5.32 Å². The number of hydrogen-bond acceptors (Lipinski definition) is 2. The summed E-state index contributed by atoms with van der Waals surface area (Å²) >= 11 is 12.0. The molecular formula is C18H18Cl3NO. The van der Waals surface area contributed by atoms with E-state index in [1.165, 1.54) is 0 Å². The monoisotopic (exact) mass is 369 g/mol. The molecule has 122 valence electrons. The molecule has 1 N–H and O–H groups in total. The molecule has 1 aliphatic rings. The van der Waals surface area contributed by atoms with Crippen LogP contribution in [0.4, 0.5) is 0 Å². The van der Waals surface area contributed by atoms with Gasteiger partial charge in [-0.1, -0.05) is 47.5 Å². The van der Waals surface area contributed by atoms with E-state index in [0.29, 0.717) is 28.8 Å². The first-order chi connectivity index (χ1) is 10.6. The fraction of sp³-hybridized carbons (Fsp3) is 0.278. The lowest BCUT2D eigenvalue weighted by molar-refractivity contribution is -0.124. The number of hydrogen-bond donors (Lipinski definition) is 1. The fourth-order valence-electron chi connectivity index (χ4n) is 3.07. The molecule has 1 heterocycles. The Morgan fingerprint density at radius 3 is 1.83 bits per heavy atom. The van der Waals surface area contributed by atoms with Crippen molar-refractivity contribution in [3.8, 4) is 0 Å². The van der Waals surface area contributed by atoms with Crippen LogP contribution in [0.25, 0.3) is 0 Å². The number of rotatable bonds is 3. The highest BCUT2D eigenvalue weighted by Gasteiger charge is 2.32. The van der Waals surface area contributed by atoms with Crippen molar-refractivity contribution < 1.29 is 4.79 Å². The summed E-state index contributed by atoms with van der Waals surface area (Å²) in [5.74, 6) is 0.277. The first-order valence-corrected chi connectivity index (χ1v) is 8.15. The number of Topliss-reactive ketones (excluding diaryl/α,β-unsaturated/α-hetero) is 1. The third kappa shape index (κ3) is 4.27. The van der Waals surface area contributed by atoms with Crippen LogP contribution >= 0.6 is 35.6 Å². The molecular weight excluding hydrogens is 353 g/mol. The number of benzene rings is 2. The molecule has 0 saturated carbocycles. The smallest absolute Gasteiger partial charge is 0.139 e. The Balaban J connectivity index is 0.00000192. The Kier molecular flexibility index (Phi) is 6.49. The van der Waals surface area contributed by atoms with E-state index in [-0.39, 0.29) is 24.2 Å². The molecule has 1 atom stereocenters. The van der Waals surface area contributed by atoms with E-state index in [9.17, 15) is 4.79 Å². The fourth-order valence-corrected chi connectivity index (χ4v) is 3.32. The number of ketones is 1. The summed E-state index contributed by atoms with van der Waals surface area (Å²) in [6.45, 7) is 1.47. The first-order valence-electron chi connectivity index (χ1n) is 7.39. The van der Waals surface area contributed by atoms with Gasteiger partial charge in [-0.25, -0.2) is 0 Å². The molecule has 0 radical (unpaired) electrons. The Hall–Kier alpha value is -1.06. The summed E-state index contributed by atoms with van der Waals surface area (Å²) in [5, 5.41) is 4.74. The molecule has 0 amide bonds. The highest BCUT2D eigenvalue weighted by molar-refractivity contribution is 6.30. The molecule has 23 heavy (non-hydrogen) atoms. The summed E-state index contributed by atoms with van der Waals surface area (Å²) in [4.78, 5) is 12.4. The third-order valence-corrected chi connectivity index (χ3v) is 4.69. The second kappa shape index (κ2) is 8.16. The number of carbonyl (C=O) groups excluding carboxylic acids is 1. The van der Waals surface area contributed by atoms with Crippen LogP contribution in [0, 0.1) is 5.92 Å². The molecule has 3 rings (SSSR count). The molecule has 2 aromatic carbocycles. The number of carbonyl (C=O) groups is 1. The van der Waals surface area contributed by atoms with E-state index in [4.69, 9.17) is 23.2 Å². The van der Waals surface area contributed by atoms with Crippen LogP contribution < -0.4 is 5.32 Å². The van der Waals surface area contributed by atoms with E-state index < -0.39 is 0 Å². The van der Waals surface area contributed by atoms with Gasteiger partial charge in [0.15, 0.2) is 0 Å². The molecule has 0 aliphatic carbocycles. The normalized spacial score (nSPS) is 17.9. The van der Waals surface area contributed by atoms with Crippen molar-refractivity contribution in [3.05, 3.63) is 69.7 Å². The standard InChI is InChI=1S/C18H17Cl2NO.ClH/c19-14-5-1-12(2-6-14)18(13-3-7-15(20)8-4-13)16-11-21-10-9-17(16)22;/h1-8,16,18,21H,9-11H2;1H. The molecule has 0 aromatic heterocycles. The molecule has 1 saturated heterocycles. The van der Waals surface area contributed by atoms with Crippen molar-refractivity contribution in [2.75, 3.05) is 13.1 Å². The van der Waals surface area contributed by atoms with Gasteiger partial charge in [-0.2, -0.15) is 0 Å². The lowest BCUT2D eigenvalue weighted by atomic mass is 9.77. The highest BCUT2D eigenvalue weighted by atomic mass is 35.5. The molecule has 2 nitrogen and oxygen atoms in total. The Morgan fingerprint density at radius 1 is 0.913 bits per heavy atom. The van der Waals surface area contributed by atoms with Crippen LogP contribution in [0.1, 0.15) is 23.5 Å². The average molecular weight is 371 g/mol. The number of halogens is 3. The molecule has 1 aliphatic heterocycles. The Morgan fingerprint density at radius 2 is 1.39 bits per heavy atom. The largest absolute Gasteiger partial charge is 0.316 e. The minimum atomic E-state index is -0.0592. The average Bonchev–Trinajstić information content (AvgIpc) is 2.53.